The van der Waals surface area contributed by atoms with E-state index in [1.54, 1.807) is 17.5 Å². The minimum absolute atomic E-state index is 0.0630. The third-order valence-electron chi connectivity index (χ3n) is 3.32. The molecule has 9 heteroatoms. The van der Waals surface area contributed by atoms with Crippen LogP contribution in [0.4, 0.5) is 10.1 Å². The van der Waals surface area contributed by atoms with E-state index < -0.39 is 0 Å². The summed E-state index contributed by atoms with van der Waals surface area (Å²) >= 11 is 19.3. The van der Waals surface area contributed by atoms with Crippen LogP contribution in [0.1, 0.15) is 5.69 Å². The topological polar surface area (TPSA) is 54.0 Å². The molecule has 0 saturated carbocycles. The van der Waals surface area contributed by atoms with E-state index in [4.69, 9.17) is 34.8 Å². The van der Waals surface area contributed by atoms with Gasteiger partial charge in [-0.25, -0.2) is 9.37 Å². The molecule has 0 aliphatic rings. The lowest BCUT2D eigenvalue weighted by Crippen LogP contribution is -2.31. The standard InChI is InChI=1S/C17H11Cl3FN3OS/c18-10-5-13(19)16(14(20)6-10)24-23-15(25)7-12-8-26-17(22-12)9-1-3-11(21)4-2-9/h1-6,8,24H,7H2,(H,23,25). The Hall–Kier alpha value is -1.86. The van der Waals surface area contributed by atoms with Crippen LogP contribution in [-0.4, -0.2) is 10.9 Å². The van der Waals surface area contributed by atoms with Crippen LogP contribution in [-0.2, 0) is 11.2 Å². The van der Waals surface area contributed by atoms with E-state index >= 15 is 0 Å². The number of aromatic nitrogens is 1. The normalized spacial score (nSPS) is 10.6. The van der Waals surface area contributed by atoms with Gasteiger partial charge in [0.2, 0.25) is 5.91 Å². The van der Waals surface area contributed by atoms with Gasteiger partial charge in [-0.2, -0.15) is 0 Å². The van der Waals surface area contributed by atoms with E-state index in [-0.39, 0.29) is 28.2 Å². The Morgan fingerprint density at radius 2 is 1.77 bits per heavy atom. The Morgan fingerprint density at radius 1 is 1.12 bits per heavy atom. The zero-order valence-electron chi connectivity index (χ0n) is 13.0. The van der Waals surface area contributed by atoms with Gasteiger partial charge in [0.1, 0.15) is 10.8 Å². The van der Waals surface area contributed by atoms with Crippen LogP contribution in [0.5, 0.6) is 0 Å². The number of amides is 1. The van der Waals surface area contributed by atoms with Crippen LogP contribution in [0.15, 0.2) is 41.8 Å². The van der Waals surface area contributed by atoms with Crippen molar-refractivity contribution in [3.8, 4) is 10.6 Å². The van der Waals surface area contributed by atoms with E-state index in [0.29, 0.717) is 21.4 Å². The Balaban J connectivity index is 1.62. The van der Waals surface area contributed by atoms with Gasteiger partial charge in [-0.3, -0.25) is 15.6 Å². The van der Waals surface area contributed by atoms with E-state index in [2.05, 4.69) is 15.8 Å². The lowest BCUT2D eigenvalue weighted by molar-refractivity contribution is -0.120. The number of benzene rings is 2. The predicted octanol–water partition coefficient (Wildman–Crippen LogP) is 5.60. The monoisotopic (exact) mass is 429 g/mol. The summed E-state index contributed by atoms with van der Waals surface area (Å²) in [6.45, 7) is 0. The summed E-state index contributed by atoms with van der Waals surface area (Å²) < 4.78 is 13.0. The second kappa shape index (κ2) is 8.22. The molecule has 0 fully saturated rings. The molecule has 0 unspecified atom stereocenters. The van der Waals surface area contributed by atoms with E-state index in [9.17, 15) is 9.18 Å². The smallest absolute Gasteiger partial charge is 0.244 e. The van der Waals surface area contributed by atoms with Gasteiger partial charge < -0.3 is 0 Å². The fourth-order valence-corrected chi connectivity index (χ4v) is 3.85. The lowest BCUT2D eigenvalue weighted by Gasteiger charge is -2.11. The second-order valence-corrected chi connectivity index (χ2v) is 7.35. The summed E-state index contributed by atoms with van der Waals surface area (Å²) in [5, 5.41) is 3.46. The number of hydrazine groups is 1. The van der Waals surface area contributed by atoms with Crippen molar-refractivity contribution in [3.63, 3.8) is 0 Å². The van der Waals surface area contributed by atoms with E-state index in [1.807, 2.05) is 0 Å². The third kappa shape index (κ3) is 4.65. The largest absolute Gasteiger partial charge is 0.296 e. The first-order chi connectivity index (χ1) is 12.4. The number of rotatable bonds is 5. The van der Waals surface area contributed by atoms with Crippen molar-refractivity contribution in [1.29, 1.82) is 0 Å². The molecule has 4 nitrogen and oxygen atoms in total. The first kappa shape index (κ1) is 18.9. The molecule has 1 amide bonds. The summed E-state index contributed by atoms with van der Waals surface area (Å²) in [4.78, 5) is 16.5. The molecule has 0 aliphatic heterocycles. The molecule has 0 aliphatic carbocycles. The fraction of sp³-hybridized carbons (Fsp3) is 0.0588. The average Bonchev–Trinajstić information content (AvgIpc) is 3.03. The predicted molar refractivity (Wildman–Crippen MR) is 104 cm³/mol. The third-order valence-corrected chi connectivity index (χ3v) is 5.07. The summed E-state index contributed by atoms with van der Waals surface area (Å²) in [6.07, 6.45) is 0.0630. The number of hydrogen-bond donors (Lipinski definition) is 2. The highest BCUT2D eigenvalue weighted by Gasteiger charge is 2.12. The summed E-state index contributed by atoms with van der Waals surface area (Å²) in [5.41, 5.74) is 6.95. The van der Waals surface area contributed by atoms with Crippen LogP contribution in [0, 0.1) is 5.82 Å². The van der Waals surface area contributed by atoms with Gasteiger partial charge in [0, 0.05) is 16.0 Å². The molecule has 2 aromatic carbocycles. The molecule has 3 aromatic rings. The second-order valence-electron chi connectivity index (χ2n) is 5.25. The number of thiazole rings is 1. The molecule has 3 rings (SSSR count). The fourth-order valence-electron chi connectivity index (χ4n) is 2.12. The Labute approximate surface area is 167 Å². The molecule has 0 radical (unpaired) electrons. The van der Waals surface area contributed by atoms with Crippen LogP contribution >= 0.6 is 46.1 Å². The molecule has 134 valence electrons. The van der Waals surface area contributed by atoms with Gasteiger partial charge in [0.25, 0.3) is 0 Å². The molecule has 0 bridgehead atoms. The highest BCUT2D eigenvalue weighted by atomic mass is 35.5. The maximum Gasteiger partial charge on any atom is 0.244 e. The van der Waals surface area contributed by atoms with Gasteiger partial charge in [0.05, 0.1) is 27.8 Å². The van der Waals surface area contributed by atoms with Crippen molar-refractivity contribution < 1.29 is 9.18 Å². The molecular weight excluding hydrogens is 420 g/mol. The van der Waals surface area contributed by atoms with Crippen molar-refractivity contribution in [3.05, 3.63) is 68.4 Å². The first-order valence-electron chi connectivity index (χ1n) is 7.32. The summed E-state index contributed by atoms with van der Waals surface area (Å²) in [6, 6.07) is 9.05. The van der Waals surface area contributed by atoms with Crippen LogP contribution in [0.3, 0.4) is 0 Å². The number of nitrogens with zero attached hydrogens (tertiary/aromatic N) is 1. The van der Waals surface area contributed by atoms with Gasteiger partial charge in [0.15, 0.2) is 0 Å². The van der Waals surface area contributed by atoms with Gasteiger partial charge in [-0.1, -0.05) is 34.8 Å². The highest BCUT2D eigenvalue weighted by Crippen LogP contribution is 2.33. The molecule has 0 saturated heterocycles. The van der Waals surface area contributed by atoms with Gasteiger partial charge in [-0.05, 0) is 36.4 Å². The highest BCUT2D eigenvalue weighted by molar-refractivity contribution is 7.13. The zero-order valence-corrected chi connectivity index (χ0v) is 16.1. The number of carbonyl (C=O) groups excluding carboxylic acids is 1. The van der Waals surface area contributed by atoms with Crippen molar-refractivity contribution in [1.82, 2.24) is 10.4 Å². The Kier molecular flexibility index (Phi) is 5.98. The summed E-state index contributed by atoms with van der Waals surface area (Å²) in [5.74, 6) is -0.626. The maximum atomic E-state index is 13.0. The van der Waals surface area contributed by atoms with Gasteiger partial charge in [-0.15, -0.1) is 11.3 Å². The summed E-state index contributed by atoms with van der Waals surface area (Å²) in [7, 11) is 0. The minimum atomic E-state index is -0.317. The number of anilines is 1. The molecular formula is C17H11Cl3FN3OS. The molecule has 1 heterocycles. The van der Waals surface area contributed by atoms with Crippen molar-refractivity contribution >= 4 is 57.7 Å². The van der Waals surface area contributed by atoms with Crippen molar-refractivity contribution in [2.75, 3.05) is 5.43 Å². The zero-order chi connectivity index (χ0) is 18.7. The maximum absolute atomic E-state index is 13.0. The van der Waals surface area contributed by atoms with Crippen molar-refractivity contribution in [2.24, 2.45) is 0 Å². The molecule has 0 spiro atoms. The molecule has 2 N–H and O–H groups in total. The van der Waals surface area contributed by atoms with E-state index in [1.165, 1.54) is 35.6 Å². The number of nitrogens with one attached hydrogen (secondary N) is 2. The molecule has 26 heavy (non-hydrogen) atoms. The lowest BCUT2D eigenvalue weighted by atomic mass is 10.2. The van der Waals surface area contributed by atoms with Crippen molar-refractivity contribution in [2.45, 2.75) is 6.42 Å². The Bertz CT molecular complexity index is 924. The van der Waals surface area contributed by atoms with Crippen LogP contribution < -0.4 is 10.9 Å². The van der Waals surface area contributed by atoms with Crippen LogP contribution in [0.25, 0.3) is 10.6 Å². The first-order valence-corrected chi connectivity index (χ1v) is 9.33. The number of hydrogen-bond acceptors (Lipinski definition) is 4. The average molecular weight is 431 g/mol. The minimum Gasteiger partial charge on any atom is -0.296 e. The SMILES string of the molecule is O=C(Cc1csc(-c2ccc(F)cc2)n1)NNc1c(Cl)cc(Cl)cc1Cl. The number of halogens is 4. The Morgan fingerprint density at radius 3 is 2.42 bits per heavy atom. The quantitative estimate of drug-likeness (QED) is 0.518. The molecule has 1 aromatic heterocycles. The van der Waals surface area contributed by atoms with Gasteiger partial charge >= 0.3 is 0 Å². The van der Waals surface area contributed by atoms with Crippen LogP contribution in [0.2, 0.25) is 15.1 Å². The van der Waals surface area contributed by atoms with E-state index in [0.717, 1.165) is 5.56 Å². The molecule has 0 atom stereocenters. The number of carbonyl (C=O) groups is 1.